The minimum Gasteiger partial charge on any atom is -0.744 e. The topological polar surface area (TPSA) is 110 Å². The molecule has 2 aromatic carbocycles. The number of hydrogen-bond acceptors (Lipinski definition) is 7. The molecule has 0 aliphatic carbocycles. The zero-order valence-corrected chi connectivity index (χ0v) is 21.8. The van der Waals surface area contributed by atoms with Crippen molar-refractivity contribution in [2.45, 2.75) is 17.7 Å². The largest absolute Gasteiger partial charge is 0.744 e. The molecule has 0 spiro atoms. The molecule has 0 aliphatic heterocycles. The van der Waals surface area contributed by atoms with E-state index in [1.807, 2.05) is 45.2 Å². The number of benzene rings is 2. The Kier molecular flexibility index (Phi) is 8.89. The van der Waals surface area contributed by atoms with E-state index < -0.39 is 68.8 Å². The minimum atomic E-state index is -5.90. The van der Waals surface area contributed by atoms with Gasteiger partial charge < -0.3 is 14.0 Å². The van der Waals surface area contributed by atoms with E-state index in [4.69, 9.17) is 4.74 Å². The van der Waals surface area contributed by atoms with Gasteiger partial charge >= 0.3 is 11.9 Å². The van der Waals surface area contributed by atoms with E-state index in [9.17, 15) is 40.1 Å². The highest BCUT2D eigenvalue weighted by Crippen LogP contribution is 2.33. The van der Waals surface area contributed by atoms with Crippen molar-refractivity contribution in [1.82, 2.24) is 0 Å². The lowest BCUT2D eigenvalue weighted by molar-refractivity contribution is -0.140. The van der Waals surface area contributed by atoms with E-state index in [-0.39, 0.29) is 5.75 Å². The lowest BCUT2D eigenvalue weighted by Gasteiger charge is -2.14. The number of halogens is 7. The molecule has 31 heavy (non-hydrogen) atoms. The van der Waals surface area contributed by atoms with Crippen molar-refractivity contribution in [3.63, 3.8) is 0 Å². The van der Waals surface area contributed by atoms with Crippen LogP contribution in [0.15, 0.2) is 17.0 Å². The van der Waals surface area contributed by atoms with Crippen molar-refractivity contribution >= 4 is 89.8 Å². The predicted molar refractivity (Wildman–Crippen MR) is 119 cm³/mol. The quantitative estimate of drug-likeness (QED) is 0.107. The molecular weight excluding hydrogens is 793 g/mol. The van der Waals surface area contributed by atoms with Crippen LogP contribution in [0.2, 0.25) is 0 Å². The van der Waals surface area contributed by atoms with Crippen molar-refractivity contribution in [3.05, 3.63) is 46.1 Å². The number of esters is 2. The Hall–Kier alpha value is -0.800. The second-order valence-corrected chi connectivity index (χ2v) is 10.4. The van der Waals surface area contributed by atoms with Crippen molar-refractivity contribution < 1.29 is 49.6 Å². The molecule has 0 heterocycles. The molecule has 0 saturated carbocycles. The van der Waals surface area contributed by atoms with E-state index in [1.54, 1.807) is 12.1 Å². The summed E-state index contributed by atoms with van der Waals surface area (Å²) < 4.78 is 98.8. The summed E-state index contributed by atoms with van der Waals surface area (Å²) in [4.78, 5) is 21.3. The first-order valence-corrected chi connectivity index (χ1v) is 12.3. The summed E-state index contributed by atoms with van der Waals surface area (Å²) >= 11 is 5.91. The van der Waals surface area contributed by atoms with Crippen LogP contribution in [0.1, 0.15) is 12.8 Å². The Labute approximate surface area is 213 Å². The van der Waals surface area contributed by atoms with Crippen molar-refractivity contribution in [1.29, 1.82) is 0 Å². The molecule has 0 atom stereocenters. The van der Waals surface area contributed by atoms with Gasteiger partial charge in [0.25, 0.3) is 0 Å². The summed E-state index contributed by atoms with van der Waals surface area (Å²) in [6.45, 7) is 0. The van der Waals surface area contributed by atoms with E-state index in [1.165, 1.54) is 0 Å². The summed E-state index contributed by atoms with van der Waals surface area (Å²) in [5, 5.41) is 0. The first-order chi connectivity index (χ1) is 14.2. The molecule has 0 aromatic heterocycles. The average molecular weight is 799 g/mol. The highest BCUT2D eigenvalue weighted by molar-refractivity contribution is 14.1. The number of ether oxygens (including phenoxy) is 2. The van der Waals surface area contributed by atoms with Crippen LogP contribution in [0.5, 0.6) is 11.5 Å². The third-order valence-electron chi connectivity index (χ3n) is 3.36. The molecule has 2 rings (SSSR count). The Morgan fingerprint density at radius 3 is 1.58 bits per heavy atom. The molecule has 0 bridgehead atoms. The number of carbonyl (C=O) groups is 2. The van der Waals surface area contributed by atoms with Crippen LogP contribution >= 0.6 is 67.8 Å². The zero-order chi connectivity index (χ0) is 23.7. The fraction of sp³-hybridized carbons (Fsp3) is 0.125. The van der Waals surface area contributed by atoms with Crippen LogP contribution < -0.4 is 9.47 Å². The molecule has 15 heteroatoms. The van der Waals surface area contributed by atoms with E-state index >= 15 is 0 Å². The number of rotatable bonds is 6. The first kappa shape index (κ1) is 26.5. The Morgan fingerprint density at radius 1 is 0.806 bits per heavy atom. The van der Waals surface area contributed by atoms with Crippen LogP contribution in [0.3, 0.4) is 0 Å². The van der Waals surface area contributed by atoms with Gasteiger partial charge in [-0.25, -0.2) is 17.2 Å². The smallest absolute Gasteiger partial charge is 0.311 e. The molecule has 0 N–H and O–H groups in total. The van der Waals surface area contributed by atoms with Gasteiger partial charge in [-0.05, 0) is 79.9 Å². The summed E-state index contributed by atoms with van der Waals surface area (Å²) in [7, 11) is -5.90. The van der Waals surface area contributed by atoms with E-state index in [0.29, 0.717) is 7.14 Å². The maximum atomic E-state index is 13.8. The van der Waals surface area contributed by atoms with Crippen LogP contribution in [-0.4, -0.2) is 24.9 Å². The van der Waals surface area contributed by atoms with E-state index in [0.717, 1.165) is 3.57 Å². The third-order valence-corrected chi connectivity index (χ3v) is 6.44. The molecule has 0 radical (unpaired) electrons. The summed E-state index contributed by atoms with van der Waals surface area (Å²) in [5.41, 5.74) is 0. The van der Waals surface area contributed by atoms with Gasteiger partial charge in [-0.15, -0.1) is 0 Å². The monoisotopic (exact) mass is 799 g/mol. The summed E-state index contributed by atoms with van der Waals surface area (Å²) in [6.07, 6.45) is -1.40. The molecule has 0 fully saturated rings. The van der Waals surface area contributed by atoms with Gasteiger partial charge in [0.15, 0.2) is 17.4 Å². The van der Waals surface area contributed by atoms with Crippen molar-refractivity contribution in [2.24, 2.45) is 0 Å². The summed E-state index contributed by atoms with van der Waals surface area (Å²) in [6, 6.07) is 3.45. The highest BCUT2D eigenvalue weighted by Gasteiger charge is 2.31. The normalized spacial score (nSPS) is 11.4. The molecule has 7 nitrogen and oxygen atoms in total. The zero-order valence-electron chi connectivity index (χ0n) is 14.5. The van der Waals surface area contributed by atoms with Crippen LogP contribution in [0.25, 0.3) is 0 Å². The molecule has 0 saturated heterocycles. The van der Waals surface area contributed by atoms with Gasteiger partial charge in [0, 0.05) is 3.57 Å². The molecule has 0 aliphatic rings. The Morgan fingerprint density at radius 2 is 1.19 bits per heavy atom. The van der Waals surface area contributed by atoms with Gasteiger partial charge in [0.1, 0.15) is 15.0 Å². The molecule has 0 unspecified atom stereocenters. The average Bonchev–Trinajstić information content (AvgIpc) is 2.64. The van der Waals surface area contributed by atoms with E-state index in [2.05, 4.69) is 27.3 Å². The van der Waals surface area contributed by atoms with Gasteiger partial charge in [-0.2, -0.15) is 8.78 Å². The van der Waals surface area contributed by atoms with Crippen molar-refractivity contribution in [2.75, 3.05) is 0 Å². The van der Waals surface area contributed by atoms with Gasteiger partial charge in [-0.1, -0.05) is 0 Å². The molecule has 2 aromatic rings. The minimum absolute atomic E-state index is 0.232. The van der Waals surface area contributed by atoms with Crippen molar-refractivity contribution in [3.8, 4) is 11.5 Å². The Balaban J connectivity index is 2.13. The lowest BCUT2D eigenvalue weighted by atomic mass is 10.2. The first-order valence-electron chi connectivity index (χ1n) is 7.61. The van der Waals surface area contributed by atoms with Crippen LogP contribution in [0.4, 0.5) is 17.6 Å². The molecular formula is C16H6F4I3O7S-. The standard InChI is InChI=1S/C16H7F4I3O7S/c17-10-12(19)16(31(26,27)28)13(20)11(18)15(10)30-9(25)2-1-8(24)29-14-6(22)3-5(21)4-7(14)23/h3-4H,1-2H2,(H,26,27,28)/p-1. The summed E-state index contributed by atoms with van der Waals surface area (Å²) in [5.74, 6) is -13.9. The number of carbonyl (C=O) groups excluding carboxylic acids is 2. The van der Waals surface area contributed by atoms with Crippen LogP contribution in [0, 0.1) is 34.0 Å². The maximum absolute atomic E-state index is 13.8. The highest BCUT2D eigenvalue weighted by atomic mass is 127. The SMILES string of the molecule is O=C(CCC(=O)Oc1c(F)c(F)c(S(=O)(=O)[O-])c(F)c1F)Oc1c(I)cc(I)cc1I. The second kappa shape index (κ2) is 10.4. The maximum Gasteiger partial charge on any atom is 0.311 e. The van der Waals surface area contributed by atoms with Gasteiger partial charge in [0.05, 0.1) is 20.0 Å². The van der Waals surface area contributed by atoms with Crippen LogP contribution in [-0.2, 0) is 19.7 Å². The molecule has 168 valence electrons. The fourth-order valence-corrected chi connectivity index (χ4v) is 6.48. The second-order valence-electron chi connectivity index (χ2n) is 5.52. The van der Waals surface area contributed by atoms with Gasteiger partial charge in [0.2, 0.25) is 17.4 Å². The fourth-order valence-electron chi connectivity index (χ4n) is 2.06. The molecule has 0 amide bonds. The number of hydrogen-bond donors (Lipinski definition) is 0. The Bertz CT molecular complexity index is 1140. The predicted octanol–water partition coefficient (Wildman–Crippen LogP) is 4.25. The van der Waals surface area contributed by atoms with Gasteiger partial charge in [-0.3, -0.25) is 9.59 Å². The third kappa shape index (κ3) is 6.38. The lowest BCUT2D eigenvalue weighted by Crippen LogP contribution is -2.18.